The molecule has 3 nitrogen and oxygen atoms in total. The van der Waals surface area contributed by atoms with E-state index in [1.807, 2.05) is 12.1 Å². The maximum absolute atomic E-state index is 10.5. The van der Waals surface area contributed by atoms with Gasteiger partial charge in [-0.15, -0.1) is 0 Å². The molecule has 2 aliphatic heterocycles. The van der Waals surface area contributed by atoms with Gasteiger partial charge in [-0.1, -0.05) is 72.8 Å². The third-order valence-electron chi connectivity index (χ3n) is 6.99. The molecule has 0 aliphatic carbocycles. The minimum atomic E-state index is -0.609. The highest BCUT2D eigenvalue weighted by Gasteiger charge is 2.45. The summed E-state index contributed by atoms with van der Waals surface area (Å²) in [5.41, 5.74) is 4.32. The lowest BCUT2D eigenvalue weighted by molar-refractivity contribution is 0.308. The zero-order chi connectivity index (χ0) is 21.1. The fourth-order valence-corrected chi connectivity index (χ4v) is 5.33. The van der Waals surface area contributed by atoms with Crippen LogP contribution in [0.15, 0.2) is 78.9 Å². The molecule has 0 aromatic heterocycles. The van der Waals surface area contributed by atoms with E-state index in [1.54, 1.807) is 0 Å². The van der Waals surface area contributed by atoms with Crippen LogP contribution in [0.1, 0.15) is 28.7 Å². The summed E-state index contributed by atoms with van der Waals surface area (Å²) in [4.78, 5) is 2.53. The molecule has 0 spiro atoms. The van der Waals surface area contributed by atoms with E-state index >= 15 is 0 Å². The summed E-state index contributed by atoms with van der Waals surface area (Å²) in [7, 11) is 0. The highest BCUT2D eigenvalue weighted by Crippen LogP contribution is 2.43. The zero-order valence-corrected chi connectivity index (χ0v) is 17.8. The molecule has 3 heteroatoms. The summed E-state index contributed by atoms with van der Waals surface area (Å²) in [5, 5.41) is 10.5. The first-order valence-corrected chi connectivity index (χ1v) is 11.3. The molecule has 0 N–H and O–H groups in total. The second-order valence-electron chi connectivity index (χ2n) is 8.73. The lowest BCUT2D eigenvalue weighted by Gasteiger charge is -2.34. The lowest BCUT2D eigenvalue weighted by atomic mass is 9.66. The number of rotatable bonds is 6. The average Bonchev–Trinajstić information content (AvgIpc) is 3.50. The van der Waals surface area contributed by atoms with Crippen molar-refractivity contribution in [3.05, 3.63) is 101 Å². The molecule has 3 aromatic rings. The van der Waals surface area contributed by atoms with Crippen LogP contribution in [0, 0.1) is 17.2 Å². The number of hydrogen-bond donors (Lipinski definition) is 0. The highest BCUT2D eigenvalue weighted by atomic mass is 16.5. The van der Waals surface area contributed by atoms with E-state index in [2.05, 4.69) is 77.7 Å². The normalized spacial score (nSPS) is 18.4. The van der Waals surface area contributed by atoms with Gasteiger partial charge < -0.3 is 9.64 Å². The molecule has 1 unspecified atom stereocenters. The molecule has 156 valence electrons. The standard InChI is InChI=1S/C28H28N2O/c29-21-28(24-7-3-1-4-8-24,25-9-5-2-6-10-25)26-14-17-30(20-26)16-13-22-11-12-27-23(19-22)15-18-31-27/h1-12,19,26H,13-18,20H2. The molecule has 5 rings (SSSR count). The number of fused-ring (bicyclic) bond motifs is 1. The van der Waals surface area contributed by atoms with Crippen LogP contribution in [-0.2, 0) is 18.3 Å². The summed E-state index contributed by atoms with van der Waals surface area (Å²) in [6, 6.07) is 30.1. The van der Waals surface area contributed by atoms with Crippen molar-refractivity contribution in [2.45, 2.75) is 24.7 Å². The van der Waals surface area contributed by atoms with E-state index in [0.29, 0.717) is 0 Å². The van der Waals surface area contributed by atoms with Gasteiger partial charge in [0.25, 0.3) is 0 Å². The van der Waals surface area contributed by atoms with E-state index in [9.17, 15) is 5.26 Å². The topological polar surface area (TPSA) is 36.3 Å². The van der Waals surface area contributed by atoms with Crippen molar-refractivity contribution in [2.75, 3.05) is 26.2 Å². The monoisotopic (exact) mass is 408 g/mol. The van der Waals surface area contributed by atoms with E-state index in [4.69, 9.17) is 4.74 Å². The number of likely N-dealkylation sites (tertiary alicyclic amines) is 1. The fourth-order valence-electron chi connectivity index (χ4n) is 5.33. The van der Waals surface area contributed by atoms with Gasteiger partial charge in [0.15, 0.2) is 0 Å². The molecule has 0 amide bonds. The molecule has 3 aromatic carbocycles. The van der Waals surface area contributed by atoms with Crippen LogP contribution in [0.2, 0.25) is 0 Å². The quantitative estimate of drug-likeness (QED) is 0.576. The highest BCUT2D eigenvalue weighted by molar-refractivity contribution is 5.47. The van der Waals surface area contributed by atoms with Crippen molar-refractivity contribution in [3.8, 4) is 11.8 Å². The van der Waals surface area contributed by atoms with Crippen molar-refractivity contribution >= 4 is 0 Å². The van der Waals surface area contributed by atoms with Gasteiger partial charge in [0, 0.05) is 19.5 Å². The van der Waals surface area contributed by atoms with Crippen molar-refractivity contribution in [3.63, 3.8) is 0 Å². The van der Waals surface area contributed by atoms with Gasteiger partial charge in [0.2, 0.25) is 0 Å². The summed E-state index contributed by atoms with van der Waals surface area (Å²) in [6.45, 7) is 3.83. The average molecular weight is 409 g/mol. The summed E-state index contributed by atoms with van der Waals surface area (Å²) in [6.07, 6.45) is 3.10. The summed E-state index contributed by atoms with van der Waals surface area (Å²) in [5.74, 6) is 1.32. The van der Waals surface area contributed by atoms with Crippen molar-refractivity contribution in [1.29, 1.82) is 5.26 Å². The van der Waals surface area contributed by atoms with Gasteiger partial charge in [-0.05, 0) is 53.6 Å². The Kier molecular flexibility index (Phi) is 5.49. The Morgan fingerprint density at radius 2 is 1.68 bits per heavy atom. The SMILES string of the molecule is N#CC(c1ccccc1)(c1ccccc1)C1CCN(CCc2ccc3c(c2)CCO3)C1. The van der Waals surface area contributed by atoms with Crippen LogP contribution in [0.5, 0.6) is 5.75 Å². The largest absolute Gasteiger partial charge is 0.493 e. The lowest BCUT2D eigenvalue weighted by Crippen LogP contribution is -2.37. The first kappa shape index (κ1) is 19.8. The molecule has 2 aliphatic rings. The van der Waals surface area contributed by atoms with Crippen molar-refractivity contribution in [2.24, 2.45) is 5.92 Å². The Balaban J connectivity index is 1.35. The summed E-state index contributed by atoms with van der Waals surface area (Å²) >= 11 is 0. The Morgan fingerprint density at radius 3 is 2.35 bits per heavy atom. The maximum atomic E-state index is 10.5. The van der Waals surface area contributed by atoms with Crippen LogP contribution in [-0.4, -0.2) is 31.1 Å². The van der Waals surface area contributed by atoms with Crippen LogP contribution in [0.25, 0.3) is 0 Å². The van der Waals surface area contributed by atoms with E-state index in [-0.39, 0.29) is 5.92 Å². The number of hydrogen-bond acceptors (Lipinski definition) is 3. The zero-order valence-electron chi connectivity index (χ0n) is 17.8. The molecule has 0 radical (unpaired) electrons. The Labute approximate surface area is 184 Å². The van der Waals surface area contributed by atoms with Gasteiger partial charge in [-0.25, -0.2) is 0 Å². The van der Waals surface area contributed by atoms with Crippen LogP contribution >= 0.6 is 0 Å². The molecule has 0 bridgehead atoms. The summed E-state index contributed by atoms with van der Waals surface area (Å²) < 4.78 is 5.64. The Hall–Kier alpha value is -3.09. The second-order valence-corrected chi connectivity index (χ2v) is 8.73. The van der Waals surface area contributed by atoms with Crippen LogP contribution in [0.3, 0.4) is 0 Å². The van der Waals surface area contributed by atoms with Crippen molar-refractivity contribution in [1.82, 2.24) is 4.90 Å². The Bertz CT molecular complexity index is 1030. The van der Waals surface area contributed by atoms with Crippen molar-refractivity contribution < 1.29 is 4.74 Å². The van der Waals surface area contributed by atoms with Crippen LogP contribution < -0.4 is 4.74 Å². The first-order chi connectivity index (χ1) is 15.3. The third kappa shape index (κ3) is 3.73. The minimum absolute atomic E-state index is 0.274. The molecule has 31 heavy (non-hydrogen) atoms. The predicted octanol–water partition coefficient (Wildman–Crippen LogP) is 5.00. The van der Waals surface area contributed by atoms with Gasteiger partial charge in [-0.2, -0.15) is 5.26 Å². The smallest absolute Gasteiger partial charge is 0.122 e. The van der Waals surface area contributed by atoms with Gasteiger partial charge in [-0.3, -0.25) is 0 Å². The number of benzene rings is 3. The van der Waals surface area contributed by atoms with Gasteiger partial charge >= 0.3 is 0 Å². The maximum Gasteiger partial charge on any atom is 0.122 e. The molecule has 1 saturated heterocycles. The number of nitrogens with zero attached hydrogens (tertiary/aromatic N) is 2. The molecular weight excluding hydrogens is 380 g/mol. The van der Waals surface area contributed by atoms with E-state index < -0.39 is 5.41 Å². The second kappa shape index (κ2) is 8.57. The third-order valence-corrected chi connectivity index (χ3v) is 6.99. The number of ether oxygens (including phenoxy) is 1. The fraction of sp³-hybridized carbons (Fsp3) is 0.321. The van der Waals surface area contributed by atoms with Gasteiger partial charge in [0.1, 0.15) is 11.2 Å². The minimum Gasteiger partial charge on any atom is -0.493 e. The molecule has 1 atom stereocenters. The van der Waals surface area contributed by atoms with E-state index in [1.165, 1.54) is 11.1 Å². The molecule has 2 heterocycles. The van der Waals surface area contributed by atoms with E-state index in [0.717, 1.165) is 62.4 Å². The molecule has 1 fully saturated rings. The molecular formula is C28H28N2O. The van der Waals surface area contributed by atoms with Crippen LogP contribution in [0.4, 0.5) is 0 Å². The number of nitriles is 1. The van der Waals surface area contributed by atoms with Gasteiger partial charge in [0.05, 0.1) is 12.7 Å². The first-order valence-electron chi connectivity index (χ1n) is 11.3. The Morgan fingerprint density at radius 1 is 0.968 bits per heavy atom. The molecule has 0 saturated carbocycles. The predicted molar refractivity (Wildman–Crippen MR) is 123 cm³/mol.